The molecule has 0 aromatic rings. The van der Waals surface area contributed by atoms with Crippen LogP contribution in [0.4, 0.5) is 0 Å². The summed E-state index contributed by atoms with van der Waals surface area (Å²) in [5.74, 6) is 1.29. The van der Waals surface area contributed by atoms with Gasteiger partial charge in [-0.1, -0.05) is 0 Å². The number of amides is 1. The summed E-state index contributed by atoms with van der Waals surface area (Å²) in [4.78, 5) is 23.7. The van der Waals surface area contributed by atoms with E-state index >= 15 is 0 Å². The number of nitrogens with zero attached hydrogens (tertiary/aromatic N) is 4. The highest BCUT2D eigenvalue weighted by Crippen LogP contribution is 2.38. The highest BCUT2D eigenvalue weighted by Gasteiger charge is 2.42. The lowest BCUT2D eigenvalue weighted by atomic mass is 9.87. The van der Waals surface area contributed by atoms with Gasteiger partial charge in [0.25, 0.3) is 0 Å². The molecule has 3 saturated heterocycles. The van der Waals surface area contributed by atoms with Crippen molar-refractivity contribution in [2.24, 2.45) is 10.4 Å². The van der Waals surface area contributed by atoms with Crippen molar-refractivity contribution < 1.29 is 9.53 Å². The maximum Gasteiger partial charge on any atom is 0.239 e. The van der Waals surface area contributed by atoms with Crippen molar-refractivity contribution in [1.82, 2.24) is 20.0 Å². The Morgan fingerprint density at radius 1 is 1.32 bits per heavy atom. The molecule has 0 radical (unpaired) electrons. The highest BCUT2D eigenvalue weighted by molar-refractivity contribution is 14.0. The quantitative estimate of drug-likeness (QED) is 0.256. The van der Waals surface area contributed by atoms with E-state index in [1.807, 2.05) is 14.1 Å². The Bertz CT molecular complexity index is 537. The largest absolute Gasteiger partial charge is 0.381 e. The Morgan fingerprint density at radius 2 is 2.14 bits per heavy atom. The van der Waals surface area contributed by atoms with Gasteiger partial charge in [-0.3, -0.25) is 14.7 Å². The Balaban J connectivity index is 0.00000280. The van der Waals surface area contributed by atoms with Crippen LogP contribution in [0.5, 0.6) is 0 Å². The van der Waals surface area contributed by atoms with Gasteiger partial charge < -0.3 is 19.9 Å². The lowest BCUT2D eigenvalue weighted by molar-refractivity contribution is -0.133. The van der Waals surface area contributed by atoms with Gasteiger partial charge in [-0.25, -0.2) is 0 Å². The van der Waals surface area contributed by atoms with Gasteiger partial charge in [0.1, 0.15) is 0 Å². The lowest BCUT2D eigenvalue weighted by Gasteiger charge is -2.26. The van der Waals surface area contributed by atoms with Gasteiger partial charge in [0.05, 0.1) is 12.6 Å². The maximum atomic E-state index is 12.3. The predicted octanol–water partition coefficient (Wildman–Crippen LogP) is 1.63. The highest BCUT2D eigenvalue weighted by atomic mass is 127. The molecule has 3 rings (SSSR count). The molecule has 2 atom stereocenters. The summed E-state index contributed by atoms with van der Waals surface area (Å²) < 4.78 is 5.65. The second kappa shape index (κ2) is 11.0. The zero-order valence-electron chi connectivity index (χ0n) is 17.8. The Labute approximate surface area is 187 Å². The first-order valence-electron chi connectivity index (χ1n) is 10.6. The molecule has 0 aromatic carbocycles. The molecule has 7 nitrogen and oxygen atoms in total. The van der Waals surface area contributed by atoms with Crippen molar-refractivity contribution in [2.75, 3.05) is 66.6 Å². The minimum atomic E-state index is 0. The van der Waals surface area contributed by atoms with Crippen LogP contribution >= 0.6 is 24.0 Å². The van der Waals surface area contributed by atoms with Crippen molar-refractivity contribution in [3.63, 3.8) is 0 Å². The van der Waals surface area contributed by atoms with E-state index in [1.165, 1.54) is 12.8 Å². The summed E-state index contributed by atoms with van der Waals surface area (Å²) in [7, 11) is 3.70. The van der Waals surface area contributed by atoms with E-state index in [9.17, 15) is 4.79 Å². The van der Waals surface area contributed by atoms with Crippen molar-refractivity contribution in [3.8, 4) is 0 Å². The van der Waals surface area contributed by atoms with Crippen LogP contribution in [0, 0.1) is 5.41 Å². The van der Waals surface area contributed by atoms with Crippen LogP contribution in [-0.2, 0) is 9.53 Å². The minimum Gasteiger partial charge on any atom is -0.381 e. The number of aliphatic imine (C=N–C) groups is 1. The number of halogens is 1. The molecule has 1 amide bonds. The van der Waals surface area contributed by atoms with Crippen LogP contribution in [0.3, 0.4) is 0 Å². The molecule has 8 heteroatoms. The third-order valence-corrected chi connectivity index (χ3v) is 6.21. The molecular formula is C20H38IN5O2. The maximum absolute atomic E-state index is 12.3. The molecule has 162 valence electrons. The van der Waals surface area contributed by atoms with Crippen molar-refractivity contribution in [1.29, 1.82) is 0 Å². The molecule has 3 fully saturated rings. The van der Waals surface area contributed by atoms with E-state index in [4.69, 9.17) is 9.73 Å². The number of guanidine groups is 1. The molecule has 0 aromatic heterocycles. The standard InChI is InChI=1S/C20H37N5O2.HI/c1-4-21-19(25-13-8-20(15-25)9-14-27-16-20)22-10-6-12-24-11-5-7-17(24)18(26)23(2)3;/h17H,4-16H2,1-3H3,(H,21,22);1H. The normalized spacial score (nSPS) is 28.0. The topological polar surface area (TPSA) is 60.4 Å². The second-order valence-electron chi connectivity index (χ2n) is 8.49. The van der Waals surface area contributed by atoms with Gasteiger partial charge >= 0.3 is 0 Å². The van der Waals surface area contributed by atoms with Crippen LogP contribution in [0.1, 0.15) is 39.0 Å². The van der Waals surface area contributed by atoms with E-state index in [0.717, 1.165) is 77.7 Å². The first kappa shape index (κ1) is 23.7. The van der Waals surface area contributed by atoms with E-state index < -0.39 is 0 Å². The van der Waals surface area contributed by atoms with E-state index in [2.05, 4.69) is 22.0 Å². The number of rotatable bonds is 6. The number of hydrogen-bond acceptors (Lipinski definition) is 4. The molecule has 1 N–H and O–H groups in total. The van der Waals surface area contributed by atoms with Gasteiger partial charge in [-0.2, -0.15) is 0 Å². The van der Waals surface area contributed by atoms with E-state index in [1.54, 1.807) is 4.90 Å². The Morgan fingerprint density at radius 3 is 2.82 bits per heavy atom. The third kappa shape index (κ3) is 5.72. The number of likely N-dealkylation sites (tertiary alicyclic amines) is 2. The number of ether oxygens (including phenoxy) is 1. The first-order chi connectivity index (χ1) is 13.0. The van der Waals surface area contributed by atoms with Crippen LogP contribution in [0.2, 0.25) is 0 Å². The fourth-order valence-corrected chi connectivity index (χ4v) is 4.64. The van der Waals surface area contributed by atoms with Crippen LogP contribution in [-0.4, -0.2) is 99.2 Å². The fourth-order valence-electron chi connectivity index (χ4n) is 4.64. The molecule has 3 aliphatic heterocycles. The Hall–Kier alpha value is -0.610. The molecule has 0 bridgehead atoms. The number of carbonyl (C=O) groups excluding carboxylic acids is 1. The fraction of sp³-hybridized carbons (Fsp3) is 0.900. The third-order valence-electron chi connectivity index (χ3n) is 6.21. The number of nitrogens with one attached hydrogen (secondary N) is 1. The monoisotopic (exact) mass is 507 g/mol. The Kier molecular flexibility index (Phi) is 9.27. The van der Waals surface area contributed by atoms with Crippen LogP contribution in [0.15, 0.2) is 4.99 Å². The van der Waals surface area contributed by atoms with Crippen molar-refractivity contribution in [3.05, 3.63) is 0 Å². The lowest BCUT2D eigenvalue weighted by Crippen LogP contribution is -2.43. The van der Waals surface area contributed by atoms with E-state index in [-0.39, 0.29) is 35.9 Å². The second-order valence-corrected chi connectivity index (χ2v) is 8.49. The van der Waals surface area contributed by atoms with Gasteiger partial charge in [0.15, 0.2) is 5.96 Å². The van der Waals surface area contributed by atoms with E-state index in [0.29, 0.717) is 5.41 Å². The summed E-state index contributed by atoms with van der Waals surface area (Å²) in [5.41, 5.74) is 0.353. The summed E-state index contributed by atoms with van der Waals surface area (Å²) in [5, 5.41) is 3.46. The number of hydrogen-bond donors (Lipinski definition) is 1. The average Bonchev–Trinajstić information content (AvgIpc) is 3.39. The molecule has 1 spiro atoms. The summed E-state index contributed by atoms with van der Waals surface area (Å²) >= 11 is 0. The van der Waals surface area contributed by atoms with Crippen molar-refractivity contribution >= 4 is 35.8 Å². The van der Waals surface area contributed by atoms with Gasteiger partial charge in [-0.15, -0.1) is 24.0 Å². The number of carbonyl (C=O) groups is 1. The minimum absolute atomic E-state index is 0. The molecule has 2 unspecified atom stereocenters. The van der Waals surface area contributed by atoms with Crippen molar-refractivity contribution in [2.45, 2.75) is 45.1 Å². The summed E-state index contributed by atoms with van der Waals surface area (Å²) in [6.07, 6.45) is 5.49. The molecule has 3 heterocycles. The molecular weight excluding hydrogens is 469 g/mol. The number of likely N-dealkylation sites (N-methyl/N-ethyl adjacent to an activating group) is 1. The zero-order chi connectivity index (χ0) is 19.3. The summed E-state index contributed by atoms with van der Waals surface area (Å²) in [6, 6.07) is 0.0676. The predicted molar refractivity (Wildman–Crippen MR) is 123 cm³/mol. The molecule has 28 heavy (non-hydrogen) atoms. The van der Waals surface area contributed by atoms with Gasteiger partial charge in [-0.05, 0) is 45.6 Å². The van der Waals surface area contributed by atoms with Gasteiger partial charge in [0, 0.05) is 58.8 Å². The summed E-state index contributed by atoms with van der Waals surface area (Å²) in [6.45, 7) is 9.75. The molecule has 0 saturated carbocycles. The zero-order valence-corrected chi connectivity index (χ0v) is 20.1. The van der Waals surface area contributed by atoms with Gasteiger partial charge in [0.2, 0.25) is 5.91 Å². The molecule has 0 aliphatic carbocycles. The SMILES string of the molecule is CCNC(=NCCCN1CCCC1C(=O)N(C)C)N1CCC2(CCOC2)C1.I. The molecule has 3 aliphatic rings. The van der Waals surface area contributed by atoms with Crippen LogP contribution in [0.25, 0.3) is 0 Å². The first-order valence-corrected chi connectivity index (χ1v) is 10.6. The average molecular weight is 507 g/mol. The smallest absolute Gasteiger partial charge is 0.239 e. The van der Waals surface area contributed by atoms with Crippen LogP contribution < -0.4 is 5.32 Å².